The van der Waals surface area contributed by atoms with Crippen molar-refractivity contribution < 1.29 is 13.2 Å². The molecule has 0 saturated carbocycles. The van der Waals surface area contributed by atoms with Crippen LogP contribution in [0.15, 0.2) is 6.20 Å². The van der Waals surface area contributed by atoms with Crippen LogP contribution in [-0.2, 0) is 14.6 Å². The van der Waals surface area contributed by atoms with E-state index >= 15 is 0 Å². The van der Waals surface area contributed by atoms with Crippen molar-refractivity contribution in [1.29, 1.82) is 5.26 Å². The molecule has 0 aliphatic rings. The Morgan fingerprint density at radius 2 is 2.40 bits per heavy atom. The molecule has 8 heteroatoms. The summed E-state index contributed by atoms with van der Waals surface area (Å²) in [5.41, 5.74) is 0.150. The number of nitrogens with zero attached hydrogens (tertiary/aromatic N) is 2. The summed E-state index contributed by atoms with van der Waals surface area (Å²) in [4.78, 5) is 11.1. The van der Waals surface area contributed by atoms with Gasteiger partial charge in [-0.2, -0.15) is 10.4 Å². The van der Waals surface area contributed by atoms with Crippen LogP contribution in [-0.4, -0.2) is 36.5 Å². The fraction of sp³-hybridized carbons (Fsp3) is 0.286. The average Bonchev–Trinajstić information content (AvgIpc) is 2.48. The summed E-state index contributed by atoms with van der Waals surface area (Å²) in [6.07, 6.45) is 2.18. The quantitative estimate of drug-likeness (QED) is 0.707. The number of hydrogen-bond donors (Lipinski definition) is 2. The van der Waals surface area contributed by atoms with Gasteiger partial charge in [-0.15, -0.1) is 0 Å². The third-order valence-corrected chi connectivity index (χ3v) is 2.20. The van der Waals surface area contributed by atoms with Gasteiger partial charge < -0.3 is 5.32 Å². The van der Waals surface area contributed by atoms with E-state index in [-0.39, 0.29) is 11.4 Å². The maximum Gasteiger partial charge on any atom is 0.240 e. The first kappa shape index (κ1) is 11.2. The normalized spacial score (nSPS) is 10.7. The Bertz CT molecular complexity index is 511. The molecule has 1 aromatic rings. The predicted octanol–water partition coefficient (Wildman–Crippen LogP) is -0.736. The lowest BCUT2D eigenvalue weighted by Gasteiger charge is -2.00. The van der Waals surface area contributed by atoms with Crippen molar-refractivity contribution in [2.45, 2.75) is 0 Å². The highest BCUT2D eigenvalue weighted by Gasteiger charge is 2.13. The molecule has 80 valence electrons. The molecule has 0 radical (unpaired) electrons. The number of carbonyl (C=O) groups is 1. The summed E-state index contributed by atoms with van der Waals surface area (Å²) in [7, 11) is -3.38. The van der Waals surface area contributed by atoms with E-state index in [2.05, 4.69) is 15.5 Å². The van der Waals surface area contributed by atoms with E-state index in [0.29, 0.717) is 0 Å². The van der Waals surface area contributed by atoms with Crippen LogP contribution in [0.4, 0.5) is 5.82 Å². The number of anilines is 1. The van der Waals surface area contributed by atoms with Crippen LogP contribution in [0.5, 0.6) is 0 Å². The summed E-state index contributed by atoms with van der Waals surface area (Å²) >= 11 is 0. The third-order valence-electron chi connectivity index (χ3n) is 1.42. The molecule has 15 heavy (non-hydrogen) atoms. The zero-order valence-corrected chi connectivity index (χ0v) is 8.63. The zero-order chi connectivity index (χ0) is 11.5. The number of rotatable bonds is 3. The Labute approximate surface area is 86.0 Å². The molecule has 1 aromatic heterocycles. The van der Waals surface area contributed by atoms with E-state index in [4.69, 9.17) is 5.26 Å². The Kier molecular flexibility index (Phi) is 3.06. The van der Waals surface area contributed by atoms with E-state index in [9.17, 15) is 13.2 Å². The van der Waals surface area contributed by atoms with Crippen molar-refractivity contribution >= 4 is 21.6 Å². The van der Waals surface area contributed by atoms with Gasteiger partial charge in [0.15, 0.2) is 9.84 Å². The summed E-state index contributed by atoms with van der Waals surface area (Å²) in [5, 5.41) is 16.7. The van der Waals surface area contributed by atoms with Crippen molar-refractivity contribution in [3.05, 3.63) is 11.8 Å². The standard InChI is InChI=1S/C7H8N4O3S/c1-15(13,14)4-6(12)10-7-5(2-8)3-9-11-7/h3H,4H2,1H3,(H2,9,10,11,12). The molecule has 1 amide bonds. The van der Waals surface area contributed by atoms with Gasteiger partial charge in [-0.3, -0.25) is 9.89 Å². The van der Waals surface area contributed by atoms with Crippen LogP contribution >= 0.6 is 0 Å². The molecule has 1 rings (SSSR count). The molecule has 0 bridgehead atoms. The first-order valence-electron chi connectivity index (χ1n) is 3.83. The van der Waals surface area contributed by atoms with Gasteiger partial charge in [0.25, 0.3) is 0 Å². The smallest absolute Gasteiger partial charge is 0.240 e. The van der Waals surface area contributed by atoms with Crippen LogP contribution < -0.4 is 5.32 Å². The number of H-pyrrole nitrogens is 1. The number of aromatic amines is 1. The largest absolute Gasteiger partial charge is 0.309 e. The first-order valence-corrected chi connectivity index (χ1v) is 5.89. The maximum absolute atomic E-state index is 11.1. The highest BCUT2D eigenvalue weighted by molar-refractivity contribution is 7.91. The molecule has 0 aromatic carbocycles. The molecule has 0 fully saturated rings. The summed E-state index contributed by atoms with van der Waals surface area (Å²) in [6, 6.07) is 1.79. The highest BCUT2D eigenvalue weighted by atomic mass is 32.2. The summed E-state index contributed by atoms with van der Waals surface area (Å²) < 4.78 is 21.5. The van der Waals surface area contributed by atoms with Gasteiger partial charge >= 0.3 is 0 Å². The molecule has 0 aliphatic heterocycles. The summed E-state index contributed by atoms with van der Waals surface area (Å²) in [5.74, 6) is -1.24. The van der Waals surface area contributed by atoms with Gasteiger partial charge in [0.2, 0.25) is 5.91 Å². The molecule has 2 N–H and O–H groups in total. The lowest BCUT2D eigenvalue weighted by Crippen LogP contribution is -2.22. The fourth-order valence-corrected chi connectivity index (χ4v) is 1.43. The number of nitrogens with one attached hydrogen (secondary N) is 2. The molecule has 0 unspecified atom stereocenters. The molecule has 1 heterocycles. The lowest BCUT2D eigenvalue weighted by atomic mass is 10.3. The molecule has 0 saturated heterocycles. The van der Waals surface area contributed by atoms with E-state index in [1.807, 2.05) is 0 Å². The van der Waals surface area contributed by atoms with E-state index in [1.165, 1.54) is 6.20 Å². The number of amides is 1. The summed E-state index contributed by atoms with van der Waals surface area (Å²) in [6.45, 7) is 0. The Morgan fingerprint density at radius 3 is 2.93 bits per heavy atom. The second kappa shape index (κ2) is 4.10. The molecular weight excluding hydrogens is 220 g/mol. The third kappa shape index (κ3) is 3.40. The van der Waals surface area contributed by atoms with E-state index < -0.39 is 21.5 Å². The van der Waals surface area contributed by atoms with Crippen LogP contribution in [0.1, 0.15) is 5.56 Å². The van der Waals surface area contributed by atoms with Crippen LogP contribution in [0.3, 0.4) is 0 Å². The number of carbonyl (C=O) groups excluding carboxylic acids is 1. The van der Waals surface area contributed by atoms with Gasteiger partial charge in [-0.1, -0.05) is 0 Å². The monoisotopic (exact) mass is 228 g/mol. The molecule has 0 aliphatic carbocycles. The molecular formula is C7H8N4O3S. The SMILES string of the molecule is CS(=O)(=O)CC(=O)Nc1[nH]ncc1C#N. The molecule has 7 nitrogen and oxygen atoms in total. The van der Waals surface area contributed by atoms with Crippen molar-refractivity contribution in [3.63, 3.8) is 0 Å². The van der Waals surface area contributed by atoms with Gasteiger partial charge in [0.1, 0.15) is 23.2 Å². The van der Waals surface area contributed by atoms with Crippen LogP contribution in [0, 0.1) is 11.3 Å². The van der Waals surface area contributed by atoms with E-state index in [0.717, 1.165) is 6.26 Å². The van der Waals surface area contributed by atoms with E-state index in [1.54, 1.807) is 6.07 Å². The average molecular weight is 228 g/mol. The maximum atomic E-state index is 11.1. The van der Waals surface area contributed by atoms with Crippen LogP contribution in [0.25, 0.3) is 0 Å². The predicted molar refractivity (Wildman–Crippen MR) is 51.6 cm³/mol. The number of hydrogen-bond acceptors (Lipinski definition) is 5. The second-order valence-corrected chi connectivity index (χ2v) is 5.03. The Morgan fingerprint density at radius 1 is 1.73 bits per heavy atom. The number of nitriles is 1. The van der Waals surface area contributed by atoms with Gasteiger partial charge in [-0.05, 0) is 0 Å². The molecule has 0 atom stereocenters. The highest BCUT2D eigenvalue weighted by Crippen LogP contribution is 2.08. The van der Waals surface area contributed by atoms with Crippen molar-refractivity contribution in [1.82, 2.24) is 10.2 Å². The van der Waals surface area contributed by atoms with Gasteiger partial charge in [0, 0.05) is 6.26 Å². The number of aromatic nitrogens is 2. The fourth-order valence-electron chi connectivity index (χ4n) is 0.880. The lowest BCUT2D eigenvalue weighted by molar-refractivity contribution is -0.113. The van der Waals surface area contributed by atoms with Gasteiger partial charge in [-0.25, -0.2) is 8.42 Å². The minimum atomic E-state index is -3.38. The minimum absolute atomic E-state index is 0.103. The second-order valence-electron chi connectivity index (χ2n) is 2.89. The Hall–Kier alpha value is -1.88. The Balaban J connectivity index is 2.72. The van der Waals surface area contributed by atoms with Crippen LogP contribution in [0.2, 0.25) is 0 Å². The van der Waals surface area contributed by atoms with Crippen molar-refractivity contribution in [3.8, 4) is 6.07 Å². The number of sulfone groups is 1. The van der Waals surface area contributed by atoms with Crippen molar-refractivity contribution in [2.75, 3.05) is 17.3 Å². The zero-order valence-electron chi connectivity index (χ0n) is 7.81. The topological polar surface area (TPSA) is 116 Å². The molecule has 0 spiro atoms. The van der Waals surface area contributed by atoms with Crippen molar-refractivity contribution in [2.24, 2.45) is 0 Å². The van der Waals surface area contributed by atoms with Gasteiger partial charge in [0.05, 0.1) is 6.20 Å². The minimum Gasteiger partial charge on any atom is -0.309 e. The first-order chi connectivity index (χ1) is 6.92.